The molecule has 0 radical (unpaired) electrons. The van der Waals surface area contributed by atoms with Gasteiger partial charge in [-0.05, 0) is 62.4 Å². The van der Waals surface area contributed by atoms with Gasteiger partial charge in [-0.15, -0.1) is 0 Å². The number of H-pyrrole nitrogens is 2. The van der Waals surface area contributed by atoms with E-state index in [1.165, 1.54) is 0 Å². The Bertz CT molecular complexity index is 1210. The molecule has 0 aliphatic carbocycles. The van der Waals surface area contributed by atoms with E-state index < -0.39 is 5.97 Å². The fourth-order valence-corrected chi connectivity index (χ4v) is 3.88. The first-order chi connectivity index (χ1) is 14.3. The molecule has 2 aromatic heterocycles. The number of nitrogens with one attached hydrogen (secondary N) is 2. The lowest BCUT2D eigenvalue weighted by Gasteiger charge is -2.17. The number of carbonyl (C=O) groups is 2. The van der Waals surface area contributed by atoms with Crippen molar-refractivity contribution < 1.29 is 14.7 Å². The summed E-state index contributed by atoms with van der Waals surface area (Å²) >= 11 is 6.74. The van der Waals surface area contributed by atoms with Crippen molar-refractivity contribution in [2.75, 3.05) is 13.1 Å². The van der Waals surface area contributed by atoms with Crippen LogP contribution in [-0.2, 0) is 0 Å². The molecule has 4 aromatic rings. The topological polar surface area (TPSA) is 89.2 Å². The van der Waals surface area contributed by atoms with Crippen LogP contribution < -0.4 is 0 Å². The molecule has 2 heterocycles. The highest BCUT2D eigenvalue weighted by molar-refractivity contribution is 9.10. The van der Waals surface area contributed by atoms with E-state index in [1.807, 2.05) is 56.3 Å². The summed E-state index contributed by atoms with van der Waals surface area (Å²) in [7, 11) is 0. The van der Waals surface area contributed by atoms with E-state index in [1.54, 1.807) is 11.0 Å². The molecule has 0 aliphatic rings. The molecule has 8 heteroatoms. The fourth-order valence-electron chi connectivity index (χ4n) is 3.12. The van der Waals surface area contributed by atoms with E-state index in [4.69, 9.17) is 5.11 Å². The van der Waals surface area contributed by atoms with Crippen LogP contribution >= 0.6 is 31.9 Å². The molecule has 0 saturated carbocycles. The number of rotatable bonds is 4. The number of aromatic amines is 2. The summed E-state index contributed by atoms with van der Waals surface area (Å²) in [6, 6.07) is 15.0. The van der Waals surface area contributed by atoms with Crippen LogP contribution in [0.25, 0.3) is 21.8 Å². The van der Waals surface area contributed by atoms with Crippen LogP contribution in [0.1, 0.15) is 34.8 Å². The highest BCUT2D eigenvalue weighted by Crippen LogP contribution is 2.21. The summed E-state index contributed by atoms with van der Waals surface area (Å²) in [5.41, 5.74) is 2.69. The average Bonchev–Trinajstić information content (AvgIpc) is 3.32. The zero-order chi connectivity index (χ0) is 21.8. The summed E-state index contributed by atoms with van der Waals surface area (Å²) in [5, 5.41) is 10.7. The minimum Gasteiger partial charge on any atom is -0.477 e. The predicted molar refractivity (Wildman–Crippen MR) is 126 cm³/mol. The van der Waals surface area contributed by atoms with Gasteiger partial charge in [-0.2, -0.15) is 0 Å². The number of hydrogen-bond acceptors (Lipinski definition) is 2. The zero-order valence-electron chi connectivity index (χ0n) is 16.5. The second-order valence-corrected chi connectivity index (χ2v) is 8.44. The van der Waals surface area contributed by atoms with Crippen molar-refractivity contribution in [3.05, 3.63) is 68.9 Å². The van der Waals surface area contributed by atoms with Gasteiger partial charge >= 0.3 is 5.97 Å². The number of carbonyl (C=O) groups excluding carboxylic acids is 1. The minimum atomic E-state index is -0.938. The third kappa shape index (κ3) is 4.94. The Morgan fingerprint density at radius 1 is 0.833 bits per heavy atom. The van der Waals surface area contributed by atoms with Gasteiger partial charge in [0, 0.05) is 43.8 Å². The minimum absolute atomic E-state index is 0.0577. The van der Waals surface area contributed by atoms with Gasteiger partial charge in [-0.25, -0.2) is 4.79 Å². The van der Waals surface area contributed by atoms with Crippen molar-refractivity contribution in [3.8, 4) is 0 Å². The van der Waals surface area contributed by atoms with Crippen LogP contribution in [0.15, 0.2) is 57.5 Å². The van der Waals surface area contributed by atoms with E-state index in [2.05, 4.69) is 41.8 Å². The van der Waals surface area contributed by atoms with E-state index in [-0.39, 0.29) is 11.6 Å². The molecule has 0 spiro atoms. The van der Waals surface area contributed by atoms with Crippen molar-refractivity contribution in [2.45, 2.75) is 13.8 Å². The first-order valence-corrected chi connectivity index (χ1v) is 11.0. The zero-order valence-corrected chi connectivity index (χ0v) is 19.7. The molecule has 0 unspecified atom stereocenters. The summed E-state index contributed by atoms with van der Waals surface area (Å²) in [6.07, 6.45) is 0. The van der Waals surface area contributed by atoms with Gasteiger partial charge in [-0.1, -0.05) is 31.9 Å². The number of nitrogens with zero attached hydrogens (tertiary/aromatic N) is 1. The molecule has 0 aliphatic heterocycles. The van der Waals surface area contributed by atoms with Crippen LogP contribution in [-0.4, -0.2) is 44.9 Å². The van der Waals surface area contributed by atoms with Gasteiger partial charge < -0.3 is 20.0 Å². The lowest BCUT2D eigenvalue weighted by molar-refractivity contribution is 0.0690. The Morgan fingerprint density at radius 2 is 1.30 bits per heavy atom. The maximum absolute atomic E-state index is 12.1. The van der Waals surface area contributed by atoms with E-state index in [9.17, 15) is 9.59 Å². The van der Waals surface area contributed by atoms with Crippen molar-refractivity contribution in [3.63, 3.8) is 0 Å². The number of carboxylic acids is 1. The highest BCUT2D eigenvalue weighted by atomic mass is 79.9. The Labute approximate surface area is 190 Å². The molecule has 2 aromatic carbocycles. The van der Waals surface area contributed by atoms with Gasteiger partial charge in [0.15, 0.2) is 0 Å². The second kappa shape index (κ2) is 9.49. The highest BCUT2D eigenvalue weighted by Gasteiger charge is 2.14. The first kappa shape index (κ1) is 22.1. The normalized spacial score (nSPS) is 10.7. The number of carboxylic acid groups (broad SMARTS) is 1. The first-order valence-electron chi connectivity index (χ1n) is 9.41. The Morgan fingerprint density at radius 3 is 1.77 bits per heavy atom. The molecular weight excluding hydrogens is 514 g/mol. The van der Waals surface area contributed by atoms with Crippen molar-refractivity contribution in [1.82, 2.24) is 14.9 Å². The lowest BCUT2D eigenvalue weighted by atomic mass is 10.2. The number of fused-ring (bicyclic) bond motifs is 2. The number of halogens is 2. The summed E-state index contributed by atoms with van der Waals surface area (Å²) in [5.74, 6) is -0.880. The average molecular weight is 535 g/mol. The largest absolute Gasteiger partial charge is 0.477 e. The van der Waals surface area contributed by atoms with Crippen LogP contribution in [0.5, 0.6) is 0 Å². The molecule has 6 nitrogen and oxygen atoms in total. The fraction of sp³-hybridized carbons (Fsp3) is 0.182. The van der Waals surface area contributed by atoms with Crippen molar-refractivity contribution >= 4 is 65.5 Å². The van der Waals surface area contributed by atoms with Gasteiger partial charge in [-0.3, -0.25) is 4.79 Å². The monoisotopic (exact) mass is 533 g/mol. The summed E-state index contributed by atoms with van der Waals surface area (Å²) in [4.78, 5) is 30.5. The maximum atomic E-state index is 12.1. The van der Waals surface area contributed by atoms with E-state index in [0.717, 1.165) is 43.8 Å². The third-order valence-corrected chi connectivity index (χ3v) is 5.66. The third-order valence-electron chi connectivity index (χ3n) is 4.68. The second-order valence-electron chi connectivity index (χ2n) is 6.61. The van der Waals surface area contributed by atoms with Gasteiger partial charge in [0.05, 0.1) is 0 Å². The molecule has 156 valence electrons. The Hall–Kier alpha value is -2.58. The SMILES string of the molecule is CCN(CC)C(=O)c1cc2cc(Br)ccc2[nH]1.O=C(O)c1cc2cc(Br)ccc2[nH]1. The number of benzene rings is 2. The van der Waals surface area contributed by atoms with Gasteiger partial charge in [0.25, 0.3) is 5.91 Å². The van der Waals surface area contributed by atoms with E-state index >= 15 is 0 Å². The van der Waals surface area contributed by atoms with Gasteiger partial charge in [0.2, 0.25) is 0 Å². The standard InChI is InChI=1S/C13H15BrN2O.C9H6BrNO2/c1-3-16(4-2)13(17)12-8-9-7-10(14)5-6-11(9)15-12;10-6-1-2-7-5(3-6)4-8(11-7)9(12)13/h5-8,15H,3-4H2,1-2H3;1-4,11H,(H,12,13). The Kier molecular flexibility index (Phi) is 6.99. The molecular formula is C22H21Br2N3O3. The maximum Gasteiger partial charge on any atom is 0.352 e. The van der Waals surface area contributed by atoms with Crippen LogP contribution in [0.3, 0.4) is 0 Å². The van der Waals surface area contributed by atoms with Gasteiger partial charge in [0.1, 0.15) is 11.4 Å². The molecule has 0 saturated heterocycles. The van der Waals surface area contributed by atoms with E-state index in [0.29, 0.717) is 5.69 Å². The van der Waals surface area contributed by atoms with Crippen LogP contribution in [0.4, 0.5) is 0 Å². The Balaban J connectivity index is 0.000000177. The smallest absolute Gasteiger partial charge is 0.352 e. The molecule has 30 heavy (non-hydrogen) atoms. The number of hydrogen-bond donors (Lipinski definition) is 3. The summed E-state index contributed by atoms with van der Waals surface area (Å²) < 4.78 is 1.96. The predicted octanol–water partition coefficient (Wildman–Crippen LogP) is 6.04. The molecule has 3 N–H and O–H groups in total. The number of amides is 1. The molecule has 4 rings (SSSR count). The van der Waals surface area contributed by atoms with Crippen molar-refractivity contribution in [1.29, 1.82) is 0 Å². The van der Waals surface area contributed by atoms with Crippen LogP contribution in [0.2, 0.25) is 0 Å². The van der Waals surface area contributed by atoms with Crippen molar-refractivity contribution in [2.24, 2.45) is 0 Å². The quantitative estimate of drug-likeness (QED) is 0.298. The molecule has 0 fully saturated rings. The molecule has 0 bridgehead atoms. The molecule has 0 atom stereocenters. The lowest BCUT2D eigenvalue weighted by Crippen LogP contribution is -2.30. The van der Waals surface area contributed by atoms with Crippen LogP contribution in [0, 0.1) is 0 Å². The number of aromatic nitrogens is 2. The summed E-state index contributed by atoms with van der Waals surface area (Å²) in [6.45, 7) is 5.43. The number of aromatic carboxylic acids is 1. The molecule has 1 amide bonds.